The van der Waals surface area contributed by atoms with E-state index in [9.17, 15) is 0 Å². The van der Waals surface area contributed by atoms with E-state index in [-0.39, 0.29) is 3.42 Å². The highest BCUT2D eigenvalue weighted by Crippen LogP contribution is 2.47. The van der Waals surface area contributed by atoms with Crippen molar-refractivity contribution in [3.8, 4) is 0 Å². The van der Waals surface area contributed by atoms with Crippen molar-refractivity contribution in [3.05, 3.63) is 34.9 Å². The van der Waals surface area contributed by atoms with Crippen LogP contribution in [-0.4, -0.2) is 10.9 Å². The van der Waals surface area contributed by atoms with E-state index < -0.39 is 0 Å². The number of fused-ring (bicyclic) bond motifs is 1. The number of oxime groups is 1. The Morgan fingerprint density at radius 3 is 2.88 bits per heavy atom. The molecule has 2 unspecified atom stereocenters. The van der Waals surface area contributed by atoms with Crippen LogP contribution in [-0.2, 0) is 9.84 Å². The lowest BCUT2D eigenvalue weighted by atomic mass is 9.75. The molecule has 0 aromatic heterocycles. The van der Waals surface area contributed by atoms with E-state index in [1.165, 1.54) is 17.5 Å². The van der Waals surface area contributed by atoms with E-state index in [1.807, 2.05) is 6.92 Å². The number of rotatable bonds is 1. The fraction of sp³-hybridized carbons (Fsp3) is 0.500. The van der Waals surface area contributed by atoms with E-state index in [2.05, 4.69) is 59.8 Å². The largest absolute Gasteiger partial charge is 0.411 e. The van der Waals surface area contributed by atoms with Crippen molar-refractivity contribution >= 4 is 28.3 Å². The Morgan fingerprint density at radius 1 is 1.53 bits per heavy atom. The van der Waals surface area contributed by atoms with Gasteiger partial charge < -0.3 is 5.21 Å². The molecule has 1 aromatic carbocycles. The van der Waals surface area contributed by atoms with Crippen molar-refractivity contribution in [2.75, 3.05) is 0 Å². The van der Waals surface area contributed by atoms with Crippen molar-refractivity contribution in [1.82, 2.24) is 0 Å². The van der Waals surface area contributed by atoms with Crippen molar-refractivity contribution in [1.29, 1.82) is 0 Å². The molecule has 0 radical (unpaired) electrons. The van der Waals surface area contributed by atoms with Crippen LogP contribution in [0.2, 0.25) is 0 Å². The van der Waals surface area contributed by atoms with Crippen LogP contribution in [0.3, 0.4) is 0 Å². The third-order valence-electron chi connectivity index (χ3n) is 4.00. The number of halogens is 1. The fourth-order valence-electron chi connectivity index (χ4n) is 2.60. The van der Waals surface area contributed by atoms with Crippen molar-refractivity contribution in [2.24, 2.45) is 11.1 Å². The second-order valence-corrected chi connectivity index (χ2v) is 7.27. The third-order valence-corrected chi connectivity index (χ3v) is 5.64. The molecule has 2 atom stereocenters. The Hall–Kier alpha value is -0.580. The maximum Gasteiger partial charge on any atom is 0.0839 e. The summed E-state index contributed by atoms with van der Waals surface area (Å²) < 4.78 is 0.178. The minimum Gasteiger partial charge on any atom is -0.411 e. The number of benzene rings is 1. The first kappa shape index (κ1) is 12.9. The average molecular weight is 343 g/mol. The highest BCUT2D eigenvalue weighted by atomic mass is 127. The molecule has 0 amide bonds. The van der Waals surface area contributed by atoms with Crippen LogP contribution in [0, 0.1) is 5.92 Å². The zero-order valence-corrected chi connectivity index (χ0v) is 12.7. The monoisotopic (exact) mass is 343 g/mol. The average Bonchev–Trinajstić information content (AvgIpc) is 2.33. The lowest BCUT2D eigenvalue weighted by Crippen LogP contribution is -2.30. The second-order valence-electron chi connectivity index (χ2n) is 5.03. The van der Waals surface area contributed by atoms with Crippen LogP contribution in [0.25, 0.3) is 0 Å². The molecule has 1 aliphatic rings. The zero-order chi connectivity index (χ0) is 12.6. The lowest BCUT2D eigenvalue weighted by Gasteiger charge is -2.37. The number of nitrogens with zero attached hydrogens (tertiary/aromatic N) is 1. The van der Waals surface area contributed by atoms with Gasteiger partial charge in [0.1, 0.15) is 0 Å². The van der Waals surface area contributed by atoms with Gasteiger partial charge in [-0.3, -0.25) is 0 Å². The molecule has 0 heterocycles. The van der Waals surface area contributed by atoms with Crippen LogP contribution >= 0.6 is 22.6 Å². The Morgan fingerprint density at radius 2 is 2.24 bits per heavy atom. The maximum absolute atomic E-state index is 8.96. The zero-order valence-electron chi connectivity index (χ0n) is 10.5. The predicted molar refractivity (Wildman–Crippen MR) is 79.3 cm³/mol. The molecule has 1 aliphatic carbocycles. The van der Waals surface area contributed by atoms with E-state index in [1.54, 1.807) is 0 Å². The van der Waals surface area contributed by atoms with Gasteiger partial charge in [0.15, 0.2) is 0 Å². The van der Waals surface area contributed by atoms with Gasteiger partial charge in [-0.1, -0.05) is 52.9 Å². The summed E-state index contributed by atoms with van der Waals surface area (Å²) in [7, 11) is 0. The van der Waals surface area contributed by atoms with Gasteiger partial charge in [0, 0.05) is 8.99 Å². The van der Waals surface area contributed by atoms with Crippen LogP contribution < -0.4 is 0 Å². The van der Waals surface area contributed by atoms with E-state index in [0.717, 1.165) is 12.0 Å². The molecule has 1 aromatic rings. The van der Waals surface area contributed by atoms with Gasteiger partial charge in [-0.25, -0.2) is 0 Å². The summed E-state index contributed by atoms with van der Waals surface area (Å²) in [6.07, 6.45) is 2.28. The number of hydrogen-bond donors (Lipinski definition) is 1. The summed E-state index contributed by atoms with van der Waals surface area (Å²) in [6, 6.07) is 6.33. The summed E-state index contributed by atoms with van der Waals surface area (Å²) >= 11 is 2.56. The maximum atomic E-state index is 8.96. The lowest BCUT2D eigenvalue weighted by molar-refractivity contribution is 0.319. The summed E-state index contributed by atoms with van der Waals surface area (Å²) in [5.74, 6) is 0.678. The molecule has 3 heteroatoms. The minimum absolute atomic E-state index is 0.178. The van der Waals surface area contributed by atoms with E-state index in [4.69, 9.17) is 5.21 Å². The molecule has 1 N–H and O–H groups in total. The predicted octanol–water partition coefficient (Wildman–Crippen LogP) is 4.12. The Balaban J connectivity index is 2.61. The van der Waals surface area contributed by atoms with Gasteiger partial charge in [-0.05, 0) is 43.7 Å². The Kier molecular flexibility index (Phi) is 3.48. The normalized spacial score (nSPS) is 28.9. The molecule has 0 aliphatic heterocycles. The Labute approximate surface area is 116 Å². The molecule has 2 nitrogen and oxygen atoms in total. The van der Waals surface area contributed by atoms with Gasteiger partial charge in [0.05, 0.1) is 5.71 Å². The molecular weight excluding hydrogens is 325 g/mol. The van der Waals surface area contributed by atoms with E-state index in [0.29, 0.717) is 11.6 Å². The summed E-state index contributed by atoms with van der Waals surface area (Å²) in [5, 5.41) is 12.3. The molecule has 0 spiro atoms. The molecule has 2 rings (SSSR count). The fourth-order valence-corrected chi connectivity index (χ4v) is 3.42. The van der Waals surface area contributed by atoms with Crippen molar-refractivity contribution in [2.45, 2.75) is 37.0 Å². The molecule has 0 saturated heterocycles. The molecular formula is C14H18INO. The quantitative estimate of drug-likeness (QED) is 0.269. The van der Waals surface area contributed by atoms with Crippen LogP contribution in [0.15, 0.2) is 23.4 Å². The first-order valence-corrected chi connectivity index (χ1v) is 7.06. The van der Waals surface area contributed by atoms with Gasteiger partial charge >= 0.3 is 0 Å². The standard InChI is InChI=1S/C14H18INO/c1-9-7-8-12-11(10(2)16-17)5-4-6-13(12)14(9,3)15/h4-6,9,17H,7-8H2,1-3H3/b16-10-. The smallest absolute Gasteiger partial charge is 0.0839 e. The third kappa shape index (κ3) is 2.09. The van der Waals surface area contributed by atoms with Crippen LogP contribution in [0.4, 0.5) is 0 Å². The van der Waals surface area contributed by atoms with Crippen LogP contribution in [0.5, 0.6) is 0 Å². The van der Waals surface area contributed by atoms with Gasteiger partial charge in [0.2, 0.25) is 0 Å². The SMILES string of the molecule is C/C(=N/O)c1cccc2c1CCC(C)C2(C)I. The number of hydrogen-bond acceptors (Lipinski definition) is 2. The summed E-state index contributed by atoms with van der Waals surface area (Å²) in [4.78, 5) is 0. The minimum atomic E-state index is 0.178. The van der Waals surface area contributed by atoms with Crippen molar-refractivity contribution in [3.63, 3.8) is 0 Å². The first-order valence-electron chi connectivity index (χ1n) is 5.98. The molecule has 17 heavy (non-hydrogen) atoms. The molecule has 0 fully saturated rings. The van der Waals surface area contributed by atoms with Gasteiger partial charge in [-0.15, -0.1) is 0 Å². The number of alkyl halides is 1. The van der Waals surface area contributed by atoms with E-state index >= 15 is 0 Å². The highest BCUT2D eigenvalue weighted by molar-refractivity contribution is 14.1. The second kappa shape index (κ2) is 4.59. The topological polar surface area (TPSA) is 32.6 Å². The summed E-state index contributed by atoms with van der Waals surface area (Å²) in [6.45, 7) is 6.47. The highest BCUT2D eigenvalue weighted by Gasteiger charge is 2.36. The first-order chi connectivity index (χ1) is 7.98. The molecule has 0 saturated carbocycles. The van der Waals surface area contributed by atoms with Gasteiger partial charge in [0.25, 0.3) is 0 Å². The van der Waals surface area contributed by atoms with Crippen molar-refractivity contribution < 1.29 is 5.21 Å². The van der Waals surface area contributed by atoms with Crippen LogP contribution in [0.1, 0.15) is 43.9 Å². The molecule has 92 valence electrons. The summed E-state index contributed by atoms with van der Waals surface area (Å²) in [5.41, 5.74) is 4.57. The Bertz CT molecular complexity index is 465. The molecule has 0 bridgehead atoms. The van der Waals surface area contributed by atoms with Gasteiger partial charge in [-0.2, -0.15) is 0 Å².